The van der Waals surface area contributed by atoms with Crippen molar-refractivity contribution in [1.82, 2.24) is 9.46 Å². The average Bonchev–Trinajstić information content (AvgIpc) is 3.37. The van der Waals surface area contributed by atoms with Gasteiger partial charge in [-0.25, -0.2) is 12.8 Å². The molecule has 8 nitrogen and oxygen atoms in total. The molecule has 0 fully saturated rings. The summed E-state index contributed by atoms with van der Waals surface area (Å²) >= 11 is 0. The number of hydrogen-bond donors (Lipinski definition) is 0. The Balaban J connectivity index is 1.68. The first-order chi connectivity index (χ1) is 17.3. The second-order valence-electron chi connectivity index (χ2n) is 7.81. The summed E-state index contributed by atoms with van der Waals surface area (Å²) < 4.78 is 63.3. The van der Waals surface area contributed by atoms with Gasteiger partial charge < -0.3 is 18.7 Å². The summed E-state index contributed by atoms with van der Waals surface area (Å²) in [7, 11) is 0.635. The number of ether oxygens (including phenoxy) is 3. The molecule has 3 aromatic carbocycles. The molecule has 1 aromatic heterocycles. The molecule has 0 radical (unpaired) electrons. The van der Waals surface area contributed by atoms with E-state index in [1.165, 1.54) is 49.9 Å². The first kappa shape index (κ1) is 25.2. The molecule has 0 aliphatic rings. The maximum Gasteiger partial charge on any atom is 0.243 e. The largest absolute Gasteiger partial charge is 0.493 e. The number of halogens is 1. The Kier molecular flexibility index (Phi) is 7.56. The Hall–Kier alpha value is -3.89. The summed E-state index contributed by atoms with van der Waals surface area (Å²) in [5.74, 6) is 1.30. The lowest BCUT2D eigenvalue weighted by molar-refractivity contribution is 0.324. The van der Waals surface area contributed by atoms with Crippen molar-refractivity contribution in [3.8, 4) is 28.6 Å². The van der Waals surface area contributed by atoms with E-state index < -0.39 is 15.8 Å². The first-order valence-corrected chi connectivity index (χ1v) is 12.4. The molecule has 1 heterocycles. The van der Waals surface area contributed by atoms with Crippen LogP contribution in [0.2, 0.25) is 0 Å². The topological polar surface area (TPSA) is 91.1 Å². The molecule has 36 heavy (non-hydrogen) atoms. The third-order valence-corrected chi connectivity index (χ3v) is 7.31. The van der Waals surface area contributed by atoms with Gasteiger partial charge in [-0.2, -0.15) is 4.31 Å². The molecule has 0 N–H and O–H groups in total. The van der Waals surface area contributed by atoms with Crippen LogP contribution in [0.15, 0.2) is 82.2 Å². The minimum Gasteiger partial charge on any atom is -0.493 e. The molecule has 188 valence electrons. The van der Waals surface area contributed by atoms with Gasteiger partial charge in [0.15, 0.2) is 17.3 Å². The SMILES string of the molecule is COc1cc(-c2cc(CN(Cc3ccc(F)cc3)S(=O)(=O)c3ccccc3)no2)cc(OC)c1OC. The monoisotopic (exact) mass is 512 g/mol. The van der Waals surface area contributed by atoms with Gasteiger partial charge in [0, 0.05) is 18.2 Å². The van der Waals surface area contributed by atoms with Crippen molar-refractivity contribution in [2.75, 3.05) is 21.3 Å². The Morgan fingerprint density at radius 3 is 2.08 bits per heavy atom. The number of hydrogen-bond acceptors (Lipinski definition) is 7. The van der Waals surface area contributed by atoms with Crippen molar-refractivity contribution < 1.29 is 31.5 Å². The van der Waals surface area contributed by atoms with Crippen LogP contribution in [0.4, 0.5) is 4.39 Å². The molecule has 0 saturated heterocycles. The predicted octanol–water partition coefficient (Wildman–Crippen LogP) is 4.90. The molecule has 10 heteroatoms. The van der Waals surface area contributed by atoms with Gasteiger partial charge in [0.25, 0.3) is 0 Å². The van der Waals surface area contributed by atoms with E-state index in [0.717, 1.165) is 0 Å². The predicted molar refractivity (Wildman–Crippen MR) is 131 cm³/mol. The lowest BCUT2D eigenvalue weighted by Crippen LogP contribution is -2.30. The van der Waals surface area contributed by atoms with Crippen LogP contribution in [0.3, 0.4) is 0 Å². The lowest BCUT2D eigenvalue weighted by Gasteiger charge is -2.21. The van der Waals surface area contributed by atoms with Crippen molar-refractivity contribution in [2.24, 2.45) is 0 Å². The second-order valence-corrected chi connectivity index (χ2v) is 9.75. The van der Waals surface area contributed by atoms with Crippen molar-refractivity contribution >= 4 is 10.0 Å². The van der Waals surface area contributed by atoms with Gasteiger partial charge in [0.2, 0.25) is 15.8 Å². The summed E-state index contributed by atoms with van der Waals surface area (Å²) in [6, 6.07) is 18.9. The fourth-order valence-corrected chi connectivity index (χ4v) is 5.11. The van der Waals surface area contributed by atoms with E-state index in [1.54, 1.807) is 48.5 Å². The summed E-state index contributed by atoms with van der Waals surface area (Å²) in [6.07, 6.45) is 0. The molecule has 0 unspecified atom stereocenters. The molecular weight excluding hydrogens is 487 g/mol. The number of rotatable bonds is 10. The van der Waals surface area contributed by atoms with Gasteiger partial charge in [-0.3, -0.25) is 0 Å². The van der Waals surface area contributed by atoms with E-state index in [9.17, 15) is 12.8 Å². The molecule has 0 aliphatic carbocycles. The zero-order valence-corrected chi connectivity index (χ0v) is 20.8. The van der Waals surface area contributed by atoms with Crippen molar-refractivity contribution in [2.45, 2.75) is 18.0 Å². The van der Waals surface area contributed by atoms with E-state index in [2.05, 4.69) is 5.16 Å². The maximum atomic E-state index is 13.5. The Morgan fingerprint density at radius 1 is 0.861 bits per heavy atom. The molecule has 0 bridgehead atoms. The van der Waals surface area contributed by atoms with Gasteiger partial charge in [0.1, 0.15) is 5.82 Å². The Morgan fingerprint density at radius 2 is 1.50 bits per heavy atom. The minimum absolute atomic E-state index is 0.0177. The molecule has 0 amide bonds. The van der Waals surface area contributed by atoms with Crippen molar-refractivity contribution in [3.05, 3.63) is 89.9 Å². The van der Waals surface area contributed by atoms with Gasteiger partial charge in [-0.15, -0.1) is 0 Å². The number of aromatic nitrogens is 1. The summed E-state index contributed by atoms with van der Waals surface area (Å²) in [5.41, 5.74) is 1.63. The lowest BCUT2D eigenvalue weighted by atomic mass is 10.1. The minimum atomic E-state index is -3.89. The molecule has 0 aliphatic heterocycles. The average molecular weight is 513 g/mol. The number of methoxy groups -OCH3 is 3. The van der Waals surface area contributed by atoms with Crippen LogP contribution in [0.25, 0.3) is 11.3 Å². The number of benzene rings is 3. The quantitative estimate of drug-likeness (QED) is 0.299. The second kappa shape index (κ2) is 10.8. The highest BCUT2D eigenvalue weighted by Crippen LogP contribution is 2.41. The summed E-state index contributed by atoms with van der Waals surface area (Å²) in [4.78, 5) is 0.139. The van der Waals surface area contributed by atoms with E-state index in [-0.39, 0.29) is 18.0 Å². The molecule has 0 saturated carbocycles. The van der Waals surface area contributed by atoms with Gasteiger partial charge in [-0.05, 0) is 42.0 Å². The smallest absolute Gasteiger partial charge is 0.243 e. The third kappa shape index (κ3) is 5.34. The van der Waals surface area contributed by atoms with Crippen molar-refractivity contribution in [1.29, 1.82) is 0 Å². The molecule has 0 atom stereocenters. The zero-order chi connectivity index (χ0) is 25.7. The molecular formula is C26H25FN2O6S. The fourth-order valence-electron chi connectivity index (χ4n) is 3.69. The normalized spacial score (nSPS) is 11.5. The summed E-state index contributed by atoms with van der Waals surface area (Å²) in [6.45, 7) is -0.0492. The number of nitrogens with zero attached hydrogens (tertiary/aromatic N) is 2. The standard InChI is InChI=1S/C26H25FN2O6S/c1-32-24-13-19(14-25(33-2)26(24)34-3)23-15-21(28-35-23)17-29(16-18-9-11-20(27)12-10-18)36(30,31)22-7-5-4-6-8-22/h4-15H,16-17H2,1-3H3. The van der Waals surface area contributed by atoms with E-state index in [0.29, 0.717) is 39.8 Å². The summed E-state index contributed by atoms with van der Waals surface area (Å²) in [5, 5.41) is 4.09. The van der Waals surface area contributed by atoms with E-state index in [4.69, 9.17) is 18.7 Å². The maximum absolute atomic E-state index is 13.5. The van der Waals surface area contributed by atoms with Crippen LogP contribution < -0.4 is 14.2 Å². The molecule has 4 rings (SSSR count). The van der Waals surface area contributed by atoms with Gasteiger partial charge in [-0.1, -0.05) is 35.5 Å². The fraction of sp³-hybridized carbons (Fsp3) is 0.192. The van der Waals surface area contributed by atoms with Crippen LogP contribution >= 0.6 is 0 Å². The molecule has 0 spiro atoms. The highest BCUT2D eigenvalue weighted by atomic mass is 32.2. The van der Waals surface area contributed by atoms with Crippen LogP contribution in [0.1, 0.15) is 11.3 Å². The Labute approximate surface area is 208 Å². The highest BCUT2D eigenvalue weighted by Gasteiger charge is 2.26. The molecule has 4 aromatic rings. The number of sulfonamides is 1. The van der Waals surface area contributed by atoms with E-state index >= 15 is 0 Å². The third-order valence-electron chi connectivity index (χ3n) is 5.50. The van der Waals surface area contributed by atoms with Crippen LogP contribution in [0, 0.1) is 5.82 Å². The van der Waals surface area contributed by atoms with E-state index in [1.807, 2.05) is 0 Å². The van der Waals surface area contributed by atoms with Gasteiger partial charge in [0.05, 0.1) is 38.5 Å². The van der Waals surface area contributed by atoms with Gasteiger partial charge >= 0.3 is 0 Å². The van der Waals surface area contributed by atoms with Crippen molar-refractivity contribution in [3.63, 3.8) is 0 Å². The zero-order valence-electron chi connectivity index (χ0n) is 20.0. The van der Waals surface area contributed by atoms with Crippen LogP contribution in [-0.2, 0) is 23.1 Å². The highest BCUT2D eigenvalue weighted by molar-refractivity contribution is 7.89. The van der Waals surface area contributed by atoms with Crippen LogP contribution in [-0.4, -0.2) is 39.2 Å². The van der Waals surface area contributed by atoms with Crippen LogP contribution in [0.5, 0.6) is 17.2 Å². The Bertz CT molecular complexity index is 1400. The first-order valence-electron chi connectivity index (χ1n) is 10.9.